The normalized spacial score (nSPS) is 24.6. The zero-order valence-electron chi connectivity index (χ0n) is 13.1. The number of carbonyl (C=O) groups excluding carboxylic acids is 2. The summed E-state index contributed by atoms with van der Waals surface area (Å²) < 4.78 is 0. The van der Waals surface area contributed by atoms with Gasteiger partial charge in [0.2, 0.25) is 11.8 Å². The molecule has 1 saturated carbocycles. The molecule has 1 atom stereocenters. The molecule has 2 rings (SSSR count). The molecule has 120 valence electrons. The van der Waals surface area contributed by atoms with Gasteiger partial charge in [0.25, 0.3) is 0 Å². The highest BCUT2D eigenvalue weighted by Crippen LogP contribution is 2.26. The van der Waals surface area contributed by atoms with Crippen LogP contribution in [0, 0.1) is 0 Å². The van der Waals surface area contributed by atoms with Crippen molar-refractivity contribution in [2.45, 2.75) is 69.9 Å². The van der Waals surface area contributed by atoms with E-state index in [-0.39, 0.29) is 23.9 Å². The van der Waals surface area contributed by atoms with E-state index in [0.29, 0.717) is 6.42 Å². The summed E-state index contributed by atoms with van der Waals surface area (Å²) in [5, 5.41) is 3.28. The van der Waals surface area contributed by atoms with E-state index in [1.54, 1.807) is 4.90 Å². The first-order valence-electron chi connectivity index (χ1n) is 8.32. The van der Waals surface area contributed by atoms with Gasteiger partial charge in [0.05, 0.1) is 12.5 Å². The van der Waals surface area contributed by atoms with Crippen LogP contribution in [-0.4, -0.2) is 47.4 Å². The molecule has 1 saturated heterocycles. The van der Waals surface area contributed by atoms with Crippen molar-refractivity contribution in [2.75, 3.05) is 18.6 Å². The monoisotopic (exact) mass is 312 g/mol. The summed E-state index contributed by atoms with van der Waals surface area (Å²) in [6.45, 7) is 0.836. The number of thioether (sulfide) groups is 1. The fourth-order valence-electron chi connectivity index (χ4n) is 3.36. The highest BCUT2D eigenvalue weighted by atomic mass is 32.2. The van der Waals surface area contributed by atoms with Gasteiger partial charge < -0.3 is 5.32 Å². The molecule has 2 amide bonds. The third kappa shape index (κ3) is 4.71. The molecular weight excluding hydrogens is 284 g/mol. The van der Waals surface area contributed by atoms with Crippen molar-refractivity contribution in [2.24, 2.45) is 0 Å². The highest BCUT2D eigenvalue weighted by molar-refractivity contribution is 7.98. The first-order valence-corrected chi connectivity index (χ1v) is 9.71. The maximum atomic E-state index is 12.5. The van der Waals surface area contributed by atoms with E-state index in [4.69, 9.17) is 0 Å². The van der Waals surface area contributed by atoms with Crippen LogP contribution in [0.2, 0.25) is 0 Å². The lowest BCUT2D eigenvalue weighted by Crippen LogP contribution is -2.44. The molecule has 4 nitrogen and oxygen atoms in total. The lowest BCUT2D eigenvalue weighted by Gasteiger charge is -2.25. The second-order valence-electron chi connectivity index (χ2n) is 6.16. The van der Waals surface area contributed by atoms with Crippen molar-refractivity contribution in [3.63, 3.8) is 0 Å². The average Bonchev–Trinajstić information content (AvgIpc) is 2.67. The minimum absolute atomic E-state index is 0.0248. The van der Waals surface area contributed by atoms with Crippen molar-refractivity contribution in [3.8, 4) is 0 Å². The lowest BCUT2D eigenvalue weighted by atomic mass is 10.1. The summed E-state index contributed by atoms with van der Waals surface area (Å²) in [4.78, 5) is 26.3. The molecule has 0 bridgehead atoms. The van der Waals surface area contributed by atoms with Gasteiger partial charge in [0, 0.05) is 6.04 Å². The molecule has 1 aliphatic heterocycles. The third-order valence-corrected chi connectivity index (χ3v) is 5.24. The van der Waals surface area contributed by atoms with Crippen LogP contribution in [0.25, 0.3) is 0 Å². The molecule has 2 aliphatic rings. The number of nitrogens with zero attached hydrogens (tertiary/aromatic N) is 1. The summed E-state index contributed by atoms with van der Waals surface area (Å²) in [5.74, 6) is 1.22. The first-order chi connectivity index (χ1) is 10.2. The summed E-state index contributed by atoms with van der Waals surface area (Å²) in [7, 11) is 0. The van der Waals surface area contributed by atoms with Crippen LogP contribution in [0.3, 0.4) is 0 Å². The van der Waals surface area contributed by atoms with E-state index >= 15 is 0 Å². The molecule has 5 heteroatoms. The Hall–Kier alpha value is -0.550. The van der Waals surface area contributed by atoms with Crippen LogP contribution in [0.1, 0.15) is 57.8 Å². The van der Waals surface area contributed by atoms with Crippen LogP contribution in [0.5, 0.6) is 0 Å². The Bertz CT molecular complexity index is 354. The number of amides is 2. The van der Waals surface area contributed by atoms with E-state index in [2.05, 4.69) is 11.6 Å². The third-order valence-electron chi connectivity index (χ3n) is 4.54. The molecule has 1 aliphatic carbocycles. The smallest absolute Gasteiger partial charge is 0.247 e. The number of hydrogen-bond acceptors (Lipinski definition) is 4. The Labute approximate surface area is 132 Å². The van der Waals surface area contributed by atoms with E-state index in [1.165, 1.54) is 12.8 Å². The molecule has 1 unspecified atom stereocenters. The number of likely N-dealkylation sites (tertiary alicyclic amines) is 1. The Balaban J connectivity index is 1.81. The number of carbonyl (C=O) groups is 2. The Kier molecular flexibility index (Phi) is 7.04. The second-order valence-corrected chi connectivity index (χ2v) is 7.14. The summed E-state index contributed by atoms with van der Waals surface area (Å²) in [5.41, 5.74) is 0. The zero-order chi connectivity index (χ0) is 15.1. The fraction of sp³-hybridized carbons (Fsp3) is 0.875. The van der Waals surface area contributed by atoms with Crippen LogP contribution >= 0.6 is 11.8 Å². The minimum Gasteiger partial charge on any atom is -0.305 e. The SMILES string of the molecule is CSCCCCNC1CC(=O)N(C2CCCCCC2)C1=O. The molecule has 1 N–H and O–H groups in total. The van der Waals surface area contributed by atoms with Crippen molar-refractivity contribution >= 4 is 23.6 Å². The molecule has 0 radical (unpaired) electrons. The van der Waals surface area contributed by atoms with E-state index in [1.807, 2.05) is 11.8 Å². The van der Waals surface area contributed by atoms with E-state index < -0.39 is 0 Å². The lowest BCUT2D eigenvalue weighted by molar-refractivity contribution is -0.141. The van der Waals surface area contributed by atoms with Gasteiger partial charge in [-0.15, -0.1) is 0 Å². The van der Waals surface area contributed by atoms with Gasteiger partial charge in [-0.2, -0.15) is 11.8 Å². The van der Waals surface area contributed by atoms with Gasteiger partial charge in [-0.1, -0.05) is 25.7 Å². The van der Waals surface area contributed by atoms with Crippen molar-refractivity contribution < 1.29 is 9.59 Å². The molecule has 0 aromatic carbocycles. The number of nitrogens with one attached hydrogen (secondary N) is 1. The number of imide groups is 1. The van der Waals surface area contributed by atoms with Crippen LogP contribution < -0.4 is 5.32 Å². The minimum atomic E-state index is -0.268. The standard InChI is InChI=1S/C16H28N2O2S/c1-21-11-7-6-10-17-14-12-15(19)18(16(14)20)13-8-4-2-3-5-9-13/h13-14,17H,2-12H2,1H3. The summed E-state index contributed by atoms with van der Waals surface area (Å²) >= 11 is 1.85. The molecule has 2 fully saturated rings. The second kappa shape index (κ2) is 8.79. The Morgan fingerprint density at radius 1 is 1.14 bits per heavy atom. The number of hydrogen-bond donors (Lipinski definition) is 1. The molecule has 0 spiro atoms. The highest BCUT2D eigenvalue weighted by Gasteiger charge is 2.41. The predicted octanol–water partition coefficient (Wildman–Crippen LogP) is 2.57. The fourth-order valence-corrected chi connectivity index (χ4v) is 3.85. The molecule has 1 heterocycles. The van der Waals surface area contributed by atoms with Crippen LogP contribution in [0.15, 0.2) is 0 Å². The average molecular weight is 312 g/mol. The number of rotatable bonds is 7. The molecule has 21 heavy (non-hydrogen) atoms. The topological polar surface area (TPSA) is 49.4 Å². The molecular formula is C16H28N2O2S. The van der Waals surface area contributed by atoms with Crippen LogP contribution in [0.4, 0.5) is 0 Å². The van der Waals surface area contributed by atoms with Crippen molar-refractivity contribution in [1.29, 1.82) is 0 Å². The summed E-state index contributed by atoms with van der Waals surface area (Å²) in [6, 6.07) is -0.106. The summed E-state index contributed by atoms with van der Waals surface area (Å²) in [6.07, 6.45) is 11.5. The number of unbranched alkanes of at least 4 members (excludes halogenated alkanes) is 1. The largest absolute Gasteiger partial charge is 0.305 e. The van der Waals surface area contributed by atoms with Gasteiger partial charge in [-0.25, -0.2) is 0 Å². The van der Waals surface area contributed by atoms with Gasteiger partial charge in [-0.05, 0) is 44.2 Å². The van der Waals surface area contributed by atoms with Gasteiger partial charge in [0.1, 0.15) is 0 Å². The van der Waals surface area contributed by atoms with E-state index in [9.17, 15) is 9.59 Å². The van der Waals surface area contributed by atoms with Gasteiger partial charge in [0.15, 0.2) is 0 Å². The first kappa shape index (κ1) is 16.8. The van der Waals surface area contributed by atoms with Gasteiger partial charge >= 0.3 is 0 Å². The quantitative estimate of drug-likeness (QED) is 0.446. The van der Waals surface area contributed by atoms with Crippen molar-refractivity contribution in [1.82, 2.24) is 10.2 Å². The molecule has 0 aromatic rings. The predicted molar refractivity (Wildman–Crippen MR) is 87.4 cm³/mol. The van der Waals surface area contributed by atoms with Gasteiger partial charge in [-0.3, -0.25) is 14.5 Å². The Morgan fingerprint density at radius 2 is 1.86 bits per heavy atom. The Morgan fingerprint density at radius 3 is 2.52 bits per heavy atom. The van der Waals surface area contributed by atoms with Crippen molar-refractivity contribution in [3.05, 3.63) is 0 Å². The zero-order valence-corrected chi connectivity index (χ0v) is 13.9. The maximum Gasteiger partial charge on any atom is 0.247 e. The molecule has 0 aromatic heterocycles. The maximum absolute atomic E-state index is 12.5. The van der Waals surface area contributed by atoms with E-state index in [0.717, 1.165) is 50.8 Å². The van der Waals surface area contributed by atoms with Crippen LogP contribution in [-0.2, 0) is 9.59 Å².